The van der Waals surface area contributed by atoms with E-state index in [1.165, 1.54) is 12.4 Å². The van der Waals surface area contributed by atoms with Gasteiger partial charge in [-0.2, -0.15) is 0 Å². The number of phenolic OH excluding ortho intramolecular Hbond substituents is 1. The van der Waals surface area contributed by atoms with Crippen LogP contribution >= 0.6 is 31.9 Å². The van der Waals surface area contributed by atoms with Gasteiger partial charge in [0.15, 0.2) is 0 Å². The number of amides is 2. The zero-order valence-corrected chi connectivity index (χ0v) is 20.8. The number of carbonyl (C=O) groups is 3. The first-order valence-electron chi connectivity index (χ1n) is 9.75. The van der Waals surface area contributed by atoms with E-state index in [0.29, 0.717) is 25.8 Å². The molecule has 0 spiro atoms. The molecule has 2 aromatic rings. The molecule has 0 saturated heterocycles. The predicted molar refractivity (Wildman–Crippen MR) is 130 cm³/mol. The summed E-state index contributed by atoms with van der Waals surface area (Å²) in [7, 11) is 0. The van der Waals surface area contributed by atoms with Gasteiger partial charge in [-0.1, -0.05) is 22.0 Å². The van der Waals surface area contributed by atoms with Crippen LogP contribution in [0.4, 0.5) is 5.69 Å². The average Bonchev–Trinajstić information content (AvgIpc) is 2.78. The Bertz CT molecular complexity index is 1050. The van der Waals surface area contributed by atoms with Crippen LogP contribution in [0.15, 0.2) is 50.3 Å². The highest BCUT2D eigenvalue weighted by molar-refractivity contribution is 9.11. The van der Waals surface area contributed by atoms with Crippen LogP contribution in [0, 0.1) is 0 Å². The Morgan fingerprint density at radius 2 is 2.00 bits per heavy atom. The number of hydrogen-bond acceptors (Lipinski definition) is 7. The molecule has 10 nitrogen and oxygen atoms in total. The van der Waals surface area contributed by atoms with Crippen LogP contribution in [0.25, 0.3) is 0 Å². The second-order valence-corrected chi connectivity index (χ2v) is 8.38. The molecule has 2 aromatic carbocycles. The summed E-state index contributed by atoms with van der Waals surface area (Å²) in [6, 6.07) is 8.75. The Hall–Kier alpha value is -2.96. The SMILES string of the molecule is CCOC(=O)CC(NC(=O)CNC(=O)c1cccc(N=CNN)c1)c1cc(Br)cc(Br)c1O. The van der Waals surface area contributed by atoms with Gasteiger partial charge in [-0.15, -0.1) is 0 Å². The molecule has 2 rings (SSSR count). The van der Waals surface area contributed by atoms with Gasteiger partial charge in [0.1, 0.15) is 12.1 Å². The summed E-state index contributed by atoms with van der Waals surface area (Å²) in [6.45, 7) is 1.49. The molecule has 0 radical (unpaired) electrons. The second kappa shape index (κ2) is 12.9. The quantitative estimate of drug-likeness (QED) is 0.0944. The van der Waals surface area contributed by atoms with Crippen molar-refractivity contribution in [1.82, 2.24) is 16.1 Å². The Morgan fingerprint density at radius 1 is 1.24 bits per heavy atom. The summed E-state index contributed by atoms with van der Waals surface area (Å²) >= 11 is 6.57. The molecule has 176 valence electrons. The van der Waals surface area contributed by atoms with Crippen molar-refractivity contribution in [2.24, 2.45) is 10.8 Å². The fourth-order valence-corrected chi connectivity index (χ4v) is 4.08. The number of carbonyl (C=O) groups excluding carboxylic acids is 3. The lowest BCUT2D eigenvalue weighted by Crippen LogP contribution is -2.39. The number of halogens is 2. The molecule has 2 amide bonds. The molecule has 0 aliphatic rings. The second-order valence-electron chi connectivity index (χ2n) is 6.61. The molecule has 0 saturated carbocycles. The third-order valence-electron chi connectivity index (χ3n) is 4.25. The summed E-state index contributed by atoms with van der Waals surface area (Å²) in [5.41, 5.74) is 3.37. The number of nitrogens with two attached hydrogens (primary N) is 1. The number of phenols is 1. The number of benzene rings is 2. The first-order chi connectivity index (χ1) is 15.7. The molecule has 0 fully saturated rings. The maximum absolute atomic E-state index is 12.6. The van der Waals surface area contributed by atoms with Gasteiger partial charge in [-0.25, -0.2) is 10.8 Å². The van der Waals surface area contributed by atoms with Crippen LogP contribution in [0.5, 0.6) is 5.75 Å². The van der Waals surface area contributed by atoms with Crippen molar-refractivity contribution in [1.29, 1.82) is 0 Å². The zero-order chi connectivity index (χ0) is 24.4. The van der Waals surface area contributed by atoms with E-state index in [9.17, 15) is 19.5 Å². The Kier molecular flexibility index (Phi) is 10.3. The lowest BCUT2D eigenvalue weighted by atomic mass is 10.0. The van der Waals surface area contributed by atoms with Crippen molar-refractivity contribution >= 4 is 61.7 Å². The summed E-state index contributed by atoms with van der Waals surface area (Å²) in [5, 5.41) is 15.6. The summed E-state index contributed by atoms with van der Waals surface area (Å²) in [6.07, 6.45) is 1.06. The molecular formula is C21H23Br2N5O5. The van der Waals surface area contributed by atoms with Crippen molar-refractivity contribution in [3.8, 4) is 5.75 Å². The number of nitrogens with one attached hydrogen (secondary N) is 3. The van der Waals surface area contributed by atoms with Gasteiger partial charge in [0.2, 0.25) is 5.91 Å². The number of hydrazine groups is 1. The first kappa shape index (κ1) is 26.3. The number of nitrogens with zero attached hydrogens (tertiary/aromatic N) is 1. The van der Waals surface area contributed by atoms with Crippen LogP contribution in [-0.2, 0) is 14.3 Å². The van der Waals surface area contributed by atoms with E-state index in [0.717, 1.165) is 0 Å². The van der Waals surface area contributed by atoms with Crippen LogP contribution in [0.1, 0.15) is 35.3 Å². The normalized spacial score (nSPS) is 11.6. The van der Waals surface area contributed by atoms with Crippen LogP contribution < -0.4 is 21.9 Å². The van der Waals surface area contributed by atoms with Gasteiger partial charge in [0, 0.05) is 15.6 Å². The summed E-state index contributed by atoms with van der Waals surface area (Å²) < 4.78 is 6.00. The molecule has 6 N–H and O–H groups in total. The first-order valence-corrected chi connectivity index (χ1v) is 11.3. The van der Waals surface area contributed by atoms with Gasteiger partial charge in [0.05, 0.1) is 35.8 Å². The average molecular weight is 585 g/mol. The predicted octanol–water partition coefficient (Wildman–Crippen LogP) is 2.58. The van der Waals surface area contributed by atoms with Gasteiger partial charge in [-0.3, -0.25) is 14.4 Å². The van der Waals surface area contributed by atoms with Gasteiger partial charge in [0.25, 0.3) is 5.91 Å². The molecule has 33 heavy (non-hydrogen) atoms. The standard InChI is InChI=1S/C21H23Br2N5O5/c1-2-33-19(30)9-17(15-7-13(22)8-16(23)20(15)31)28-18(29)10-25-21(32)12-4-3-5-14(6-12)26-11-27-24/h3-8,11,17,31H,2,9-10,24H2,1H3,(H,25,32)(H,26,27)(H,28,29). The lowest BCUT2D eigenvalue weighted by Gasteiger charge is -2.20. The third-order valence-corrected chi connectivity index (χ3v) is 5.31. The van der Waals surface area contributed by atoms with E-state index < -0.39 is 23.8 Å². The maximum Gasteiger partial charge on any atom is 0.308 e. The number of ether oxygens (including phenoxy) is 1. The summed E-state index contributed by atoms with van der Waals surface area (Å²) in [4.78, 5) is 41.1. The largest absolute Gasteiger partial charge is 0.506 e. The van der Waals surface area contributed by atoms with Gasteiger partial charge in [-0.05, 0) is 53.2 Å². The molecule has 0 aliphatic heterocycles. The molecule has 0 bridgehead atoms. The topological polar surface area (TPSA) is 155 Å². The van der Waals surface area contributed by atoms with Crippen LogP contribution in [-0.4, -0.2) is 42.4 Å². The van der Waals surface area contributed by atoms with Crippen molar-refractivity contribution < 1.29 is 24.2 Å². The smallest absolute Gasteiger partial charge is 0.308 e. The minimum absolute atomic E-state index is 0.124. The lowest BCUT2D eigenvalue weighted by molar-refractivity contribution is -0.143. The molecular weight excluding hydrogens is 562 g/mol. The van der Waals surface area contributed by atoms with E-state index in [1.54, 1.807) is 37.3 Å². The number of rotatable bonds is 10. The fraction of sp³-hybridized carbons (Fsp3) is 0.238. The van der Waals surface area contributed by atoms with Crippen molar-refractivity contribution in [2.45, 2.75) is 19.4 Å². The number of hydrogen-bond donors (Lipinski definition) is 5. The fourth-order valence-electron chi connectivity index (χ4n) is 2.82. The van der Waals surface area contributed by atoms with Crippen molar-refractivity contribution in [3.63, 3.8) is 0 Å². The molecule has 12 heteroatoms. The number of aromatic hydroxyl groups is 1. The van der Waals surface area contributed by atoms with E-state index in [1.807, 2.05) is 0 Å². The zero-order valence-electron chi connectivity index (χ0n) is 17.6. The van der Waals surface area contributed by atoms with E-state index >= 15 is 0 Å². The number of esters is 1. The maximum atomic E-state index is 12.6. The van der Waals surface area contributed by atoms with E-state index in [4.69, 9.17) is 10.6 Å². The highest BCUT2D eigenvalue weighted by Crippen LogP contribution is 2.36. The van der Waals surface area contributed by atoms with Gasteiger partial charge >= 0.3 is 5.97 Å². The Labute approximate surface area is 207 Å². The van der Waals surface area contributed by atoms with Crippen molar-refractivity contribution in [3.05, 3.63) is 56.5 Å². The molecule has 0 heterocycles. The number of aliphatic imine (C=N–C) groups is 1. The molecule has 1 atom stereocenters. The van der Waals surface area contributed by atoms with Gasteiger partial charge < -0.3 is 25.9 Å². The third kappa shape index (κ3) is 8.15. The minimum Gasteiger partial charge on any atom is -0.506 e. The van der Waals surface area contributed by atoms with Crippen LogP contribution in [0.3, 0.4) is 0 Å². The Balaban J connectivity index is 2.11. The highest BCUT2D eigenvalue weighted by atomic mass is 79.9. The van der Waals surface area contributed by atoms with E-state index in [-0.39, 0.29) is 25.3 Å². The monoisotopic (exact) mass is 583 g/mol. The van der Waals surface area contributed by atoms with Crippen molar-refractivity contribution in [2.75, 3.05) is 13.2 Å². The summed E-state index contributed by atoms with van der Waals surface area (Å²) in [5.74, 6) is 3.41. The van der Waals surface area contributed by atoms with Crippen LogP contribution in [0.2, 0.25) is 0 Å². The Morgan fingerprint density at radius 3 is 2.70 bits per heavy atom. The highest BCUT2D eigenvalue weighted by Gasteiger charge is 2.24. The molecule has 1 unspecified atom stereocenters. The van der Waals surface area contributed by atoms with E-state index in [2.05, 4.69) is 52.9 Å². The molecule has 0 aromatic heterocycles. The minimum atomic E-state index is -0.885. The molecule has 0 aliphatic carbocycles.